The average Bonchev–Trinajstić information content (AvgIpc) is 2.81. The number of amides is 2. The molecule has 1 saturated heterocycles. The summed E-state index contributed by atoms with van der Waals surface area (Å²) in [4.78, 5) is 24.9. The minimum Gasteiger partial charge on any atom is -0.481 e. The van der Waals surface area contributed by atoms with E-state index in [0.29, 0.717) is 18.4 Å². The number of hydrogen-bond acceptors (Lipinski definition) is 3. The predicted octanol–water partition coefficient (Wildman–Crippen LogP) is 2.02. The lowest BCUT2D eigenvalue weighted by Gasteiger charge is -2.35. The van der Waals surface area contributed by atoms with Gasteiger partial charge in [-0.2, -0.15) is 11.8 Å². The molecular formula is C14H24N2O3S. The quantitative estimate of drug-likeness (QED) is 0.833. The Morgan fingerprint density at radius 3 is 2.85 bits per heavy atom. The van der Waals surface area contributed by atoms with Crippen LogP contribution >= 0.6 is 11.8 Å². The molecule has 2 aliphatic rings. The third-order valence-electron chi connectivity index (χ3n) is 4.45. The first-order valence-electron chi connectivity index (χ1n) is 7.42. The molecule has 1 saturated carbocycles. The van der Waals surface area contributed by atoms with E-state index in [-0.39, 0.29) is 18.5 Å². The van der Waals surface area contributed by atoms with E-state index >= 15 is 0 Å². The number of nitrogens with one attached hydrogen (secondary N) is 1. The summed E-state index contributed by atoms with van der Waals surface area (Å²) in [6, 6.07) is -0.261. The fourth-order valence-corrected chi connectivity index (χ4v) is 4.20. The number of carboxylic acids is 1. The van der Waals surface area contributed by atoms with E-state index in [1.54, 1.807) is 16.7 Å². The van der Waals surface area contributed by atoms with Gasteiger partial charge in [-0.1, -0.05) is 19.8 Å². The molecule has 1 aliphatic heterocycles. The van der Waals surface area contributed by atoms with Gasteiger partial charge in [-0.15, -0.1) is 0 Å². The SMILES string of the molecule is CC1CCCC1CNC(=O)N1CCSCC1CC(=O)O. The first kappa shape index (κ1) is 15.5. The van der Waals surface area contributed by atoms with Gasteiger partial charge in [-0.3, -0.25) is 4.79 Å². The molecule has 5 nitrogen and oxygen atoms in total. The molecule has 2 N–H and O–H groups in total. The predicted molar refractivity (Wildman–Crippen MR) is 80.0 cm³/mol. The molecule has 0 aromatic rings. The Labute approximate surface area is 124 Å². The lowest BCUT2D eigenvalue weighted by atomic mass is 9.98. The molecule has 1 aliphatic carbocycles. The number of carbonyl (C=O) groups is 2. The van der Waals surface area contributed by atoms with Gasteiger partial charge in [-0.05, 0) is 18.3 Å². The van der Waals surface area contributed by atoms with Crippen molar-refractivity contribution in [1.82, 2.24) is 10.2 Å². The van der Waals surface area contributed by atoms with Crippen molar-refractivity contribution in [3.8, 4) is 0 Å². The van der Waals surface area contributed by atoms with Gasteiger partial charge in [-0.25, -0.2) is 4.79 Å². The summed E-state index contributed by atoms with van der Waals surface area (Å²) in [5.74, 6) is 2.04. The van der Waals surface area contributed by atoms with Gasteiger partial charge in [0, 0.05) is 24.6 Å². The van der Waals surface area contributed by atoms with Crippen LogP contribution in [0.2, 0.25) is 0 Å². The maximum atomic E-state index is 12.3. The topological polar surface area (TPSA) is 69.6 Å². The highest BCUT2D eigenvalue weighted by molar-refractivity contribution is 7.99. The number of carbonyl (C=O) groups excluding carboxylic acids is 1. The maximum absolute atomic E-state index is 12.3. The van der Waals surface area contributed by atoms with Crippen molar-refractivity contribution in [2.45, 2.75) is 38.6 Å². The molecule has 6 heteroatoms. The van der Waals surface area contributed by atoms with Crippen LogP contribution in [0, 0.1) is 11.8 Å². The van der Waals surface area contributed by atoms with Crippen LogP contribution in [0.5, 0.6) is 0 Å². The average molecular weight is 300 g/mol. The van der Waals surface area contributed by atoms with Crippen LogP contribution in [-0.2, 0) is 4.79 Å². The molecule has 0 aromatic heterocycles. The first-order valence-corrected chi connectivity index (χ1v) is 8.57. The summed E-state index contributed by atoms with van der Waals surface area (Å²) in [5.41, 5.74) is 0. The van der Waals surface area contributed by atoms with Crippen molar-refractivity contribution < 1.29 is 14.7 Å². The summed E-state index contributed by atoms with van der Waals surface area (Å²) in [6.45, 7) is 3.62. The number of thioether (sulfide) groups is 1. The molecule has 0 radical (unpaired) electrons. The lowest BCUT2D eigenvalue weighted by Crippen LogP contribution is -2.52. The summed E-state index contributed by atoms with van der Waals surface area (Å²) in [7, 11) is 0. The zero-order valence-corrected chi connectivity index (χ0v) is 12.8. The largest absolute Gasteiger partial charge is 0.481 e. The summed E-state index contributed by atoms with van der Waals surface area (Å²) in [6.07, 6.45) is 3.74. The van der Waals surface area contributed by atoms with Crippen LogP contribution in [0.4, 0.5) is 4.79 Å². The van der Waals surface area contributed by atoms with Gasteiger partial charge in [0.1, 0.15) is 0 Å². The van der Waals surface area contributed by atoms with Crippen LogP contribution in [0.25, 0.3) is 0 Å². The van der Waals surface area contributed by atoms with Crippen LogP contribution in [0.15, 0.2) is 0 Å². The minimum absolute atomic E-state index is 0.0419. The van der Waals surface area contributed by atoms with E-state index in [4.69, 9.17) is 5.11 Å². The number of carboxylic acid groups (broad SMARTS) is 1. The number of hydrogen-bond donors (Lipinski definition) is 2. The minimum atomic E-state index is -0.834. The molecule has 20 heavy (non-hydrogen) atoms. The van der Waals surface area contributed by atoms with Gasteiger partial charge < -0.3 is 15.3 Å². The van der Waals surface area contributed by atoms with E-state index in [2.05, 4.69) is 12.2 Å². The van der Waals surface area contributed by atoms with Gasteiger partial charge in [0.25, 0.3) is 0 Å². The Hall–Kier alpha value is -0.910. The lowest BCUT2D eigenvalue weighted by molar-refractivity contribution is -0.137. The van der Waals surface area contributed by atoms with Crippen molar-refractivity contribution in [3.05, 3.63) is 0 Å². The Kier molecular flexibility index (Phi) is 5.57. The molecule has 114 valence electrons. The molecule has 0 spiro atoms. The molecule has 0 bridgehead atoms. The Bertz CT molecular complexity index is 364. The van der Waals surface area contributed by atoms with Crippen LogP contribution in [0.1, 0.15) is 32.6 Å². The van der Waals surface area contributed by atoms with E-state index < -0.39 is 5.97 Å². The molecule has 3 atom stereocenters. The fourth-order valence-electron chi connectivity index (χ4n) is 3.14. The first-order chi connectivity index (χ1) is 9.58. The van der Waals surface area contributed by atoms with Crippen LogP contribution in [-0.4, -0.2) is 52.6 Å². The standard InChI is InChI=1S/C14H24N2O3S/c1-10-3-2-4-11(10)8-15-14(19)16-5-6-20-9-12(16)7-13(17)18/h10-12H,2-9H2,1H3,(H,15,19)(H,17,18). The molecule has 2 rings (SSSR count). The van der Waals surface area contributed by atoms with Crippen molar-refractivity contribution >= 4 is 23.8 Å². The van der Waals surface area contributed by atoms with Gasteiger partial charge in [0.2, 0.25) is 0 Å². The van der Waals surface area contributed by atoms with Crippen molar-refractivity contribution in [1.29, 1.82) is 0 Å². The molecule has 3 unspecified atom stereocenters. The van der Waals surface area contributed by atoms with E-state index in [9.17, 15) is 9.59 Å². The van der Waals surface area contributed by atoms with Crippen LogP contribution < -0.4 is 5.32 Å². The maximum Gasteiger partial charge on any atom is 0.317 e. The van der Waals surface area contributed by atoms with Crippen LogP contribution in [0.3, 0.4) is 0 Å². The highest BCUT2D eigenvalue weighted by atomic mass is 32.2. The fraction of sp³-hybridized carbons (Fsp3) is 0.857. The summed E-state index contributed by atoms with van der Waals surface area (Å²) >= 11 is 1.72. The normalized spacial score (nSPS) is 30.2. The van der Waals surface area contributed by atoms with Gasteiger partial charge in [0.15, 0.2) is 0 Å². The molecule has 0 aromatic carbocycles. The number of nitrogens with zero attached hydrogens (tertiary/aromatic N) is 1. The van der Waals surface area contributed by atoms with E-state index in [0.717, 1.165) is 18.1 Å². The highest BCUT2D eigenvalue weighted by Gasteiger charge is 2.30. The second kappa shape index (κ2) is 7.20. The smallest absolute Gasteiger partial charge is 0.317 e. The third kappa shape index (κ3) is 4.04. The molecular weight excluding hydrogens is 276 g/mol. The Morgan fingerprint density at radius 2 is 2.20 bits per heavy atom. The molecule has 1 heterocycles. The van der Waals surface area contributed by atoms with Gasteiger partial charge >= 0.3 is 12.0 Å². The summed E-state index contributed by atoms with van der Waals surface area (Å²) < 4.78 is 0. The highest BCUT2D eigenvalue weighted by Crippen LogP contribution is 2.30. The monoisotopic (exact) mass is 300 g/mol. The van der Waals surface area contributed by atoms with Crippen molar-refractivity contribution in [2.24, 2.45) is 11.8 Å². The zero-order valence-electron chi connectivity index (χ0n) is 12.0. The molecule has 2 fully saturated rings. The summed E-state index contributed by atoms with van der Waals surface area (Å²) in [5, 5.41) is 11.9. The van der Waals surface area contributed by atoms with Crippen molar-refractivity contribution in [2.75, 3.05) is 24.6 Å². The van der Waals surface area contributed by atoms with E-state index in [1.807, 2.05) is 0 Å². The second-order valence-corrected chi connectivity index (χ2v) is 7.02. The number of aliphatic carboxylic acids is 1. The Morgan fingerprint density at radius 1 is 1.40 bits per heavy atom. The second-order valence-electron chi connectivity index (χ2n) is 5.87. The number of urea groups is 1. The van der Waals surface area contributed by atoms with E-state index in [1.165, 1.54) is 19.3 Å². The zero-order chi connectivity index (χ0) is 14.5. The van der Waals surface area contributed by atoms with Crippen molar-refractivity contribution in [3.63, 3.8) is 0 Å². The molecule has 2 amide bonds. The van der Waals surface area contributed by atoms with Gasteiger partial charge in [0.05, 0.1) is 12.5 Å². The Balaban J connectivity index is 1.84. The number of rotatable bonds is 4. The third-order valence-corrected chi connectivity index (χ3v) is 5.54.